The normalized spacial score (nSPS) is 10.2. The summed E-state index contributed by atoms with van der Waals surface area (Å²) in [6.07, 6.45) is 0. The van der Waals surface area contributed by atoms with Gasteiger partial charge in [0.2, 0.25) is 5.91 Å². The summed E-state index contributed by atoms with van der Waals surface area (Å²) in [6, 6.07) is 18.4. The van der Waals surface area contributed by atoms with Gasteiger partial charge in [-0.05, 0) is 18.1 Å². The summed E-state index contributed by atoms with van der Waals surface area (Å²) < 4.78 is 0. The Labute approximate surface area is 124 Å². The number of benzene rings is 2. The molecule has 1 amide bonds. The fourth-order valence-corrected chi connectivity index (χ4v) is 2.72. The van der Waals surface area contributed by atoms with E-state index in [4.69, 9.17) is 0 Å². The van der Waals surface area contributed by atoms with Crippen LogP contribution in [-0.4, -0.2) is 11.7 Å². The lowest BCUT2D eigenvalue weighted by atomic mass is 10.2. The van der Waals surface area contributed by atoms with Crippen molar-refractivity contribution in [2.45, 2.75) is 19.2 Å². The zero-order valence-corrected chi connectivity index (χ0v) is 12.5. The standard InChI is InChI=1S/C17H19NOS/c1-14-6-5-9-16(10-14)12-20-13-17(19)18-11-15-7-3-2-4-8-15/h2-10H,11-13H2,1H3,(H,18,19). The van der Waals surface area contributed by atoms with Crippen LogP contribution in [0.1, 0.15) is 16.7 Å². The maximum atomic E-state index is 11.7. The highest BCUT2D eigenvalue weighted by atomic mass is 32.2. The van der Waals surface area contributed by atoms with Crippen molar-refractivity contribution in [1.29, 1.82) is 0 Å². The third kappa shape index (κ3) is 5.10. The zero-order chi connectivity index (χ0) is 14.2. The van der Waals surface area contributed by atoms with Gasteiger partial charge in [0, 0.05) is 12.3 Å². The van der Waals surface area contributed by atoms with Crippen molar-refractivity contribution in [2.24, 2.45) is 0 Å². The third-order valence-electron chi connectivity index (χ3n) is 2.92. The molecule has 2 rings (SSSR count). The first kappa shape index (κ1) is 14.7. The Morgan fingerprint density at radius 2 is 1.80 bits per heavy atom. The molecule has 0 aliphatic heterocycles. The van der Waals surface area contributed by atoms with Crippen molar-refractivity contribution < 1.29 is 4.79 Å². The van der Waals surface area contributed by atoms with E-state index in [0.717, 1.165) is 11.3 Å². The summed E-state index contributed by atoms with van der Waals surface area (Å²) >= 11 is 1.65. The van der Waals surface area contributed by atoms with Crippen LogP contribution in [0.3, 0.4) is 0 Å². The maximum absolute atomic E-state index is 11.7. The molecule has 0 heterocycles. The molecule has 0 saturated heterocycles. The smallest absolute Gasteiger partial charge is 0.230 e. The van der Waals surface area contributed by atoms with Crippen molar-refractivity contribution >= 4 is 17.7 Å². The van der Waals surface area contributed by atoms with Gasteiger partial charge in [0.25, 0.3) is 0 Å². The highest BCUT2D eigenvalue weighted by Gasteiger charge is 2.02. The first-order chi connectivity index (χ1) is 9.74. The Hall–Kier alpha value is -1.74. The minimum atomic E-state index is 0.0894. The molecular formula is C17H19NOS. The van der Waals surface area contributed by atoms with E-state index in [1.165, 1.54) is 11.1 Å². The minimum Gasteiger partial charge on any atom is -0.351 e. The predicted molar refractivity (Wildman–Crippen MR) is 85.6 cm³/mol. The number of carbonyl (C=O) groups is 1. The van der Waals surface area contributed by atoms with E-state index in [1.54, 1.807) is 11.8 Å². The van der Waals surface area contributed by atoms with Crippen molar-refractivity contribution in [1.82, 2.24) is 5.32 Å². The largest absolute Gasteiger partial charge is 0.351 e. The number of thioether (sulfide) groups is 1. The van der Waals surface area contributed by atoms with Crippen LogP contribution in [0.2, 0.25) is 0 Å². The molecule has 0 unspecified atom stereocenters. The zero-order valence-electron chi connectivity index (χ0n) is 11.6. The Bertz CT molecular complexity index is 554. The second-order valence-corrected chi connectivity index (χ2v) is 5.73. The van der Waals surface area contributed by atoms with Crippen LogP contribution in [0.4, 0.5) is 0 Å². The van der Waals surface area contributed by atoms with Crippen LogP contribution in [0, 0.1) is 6.92 Å². The van der Waals surface area contributed by atoms with Crippen molar-refractivity contribution in [3.8, 4) is 0 Å². The van der Waals surface area contributed by atoms with Gasteiger partial charge in [-0.15, -0.1) is 11.8 Å². The molecule has 0 atom stereocenters. The average Bonchev–Trinajstić information content (AvgIpc) is 2.46. The molecule has 2 aromatic rings. The Kier molecular flexibility index (Phi) is 5.69. The van der Waals surface area contributed by atoms with E-state index in [0.29, 0.717) is 12.3 Å². The number of rotatable bonds is 6. The highest BCUT2D eigenvalue weighted by molar-refractivity contribution is 7.99. The summed E-state index contributed by atoms with van der Waals surface area (Å²) in [6.45, 7) is 2.69. The SMILES string of the molecule is Cc1cccc(CSCC(=O)NCc2ccccc2)c1. The van der Waals surface area contributed by atoms with Gasteiger partial charge in [-0.3, -0.25) is 4.79 Å². The van der Waals surface area contributed by atoms with Crippen molar-refractivity contribution in [3.63, 3.8) is 0 Å². The van der Waals surface area contributed by atoms with Crippen LogP contribution in [-0.2, 0) is 17.1 Å². The molecule has 0 aromatic heterocycles. The van der Waals surface area contributed by atoms with E-state index in [9.17, 15) is 4.79 Å². The molecule has 2 aromatic carbocycles. The molecular weight excluding hydrogens is 266 g/mol. The molecule has 104 valence electrons. The van der Waals surface area contributed by atoms with E-state index in [2.05, 4.69) is 36.5 Å². The maximum Gasteiger partial charge on any atom is 0.230 e. The molecule has 0 aliphatic carbocycles. The van der Waals surface area contributed by atoms with Gasteiger partial charge in [-0.2, -0.15) is 0 Å². The second-order valence-electron chi connectivity index (χ2n) is 4.74. The first-order valence-electron chi connectivity index (χ1n) is 6.68. The van der Waals surface area contributed by atoms with E-state index in [1.807, 2.05) is 30.3 Å². The fraction of sp³-hybridized carbons (Fsp3) is 0.235. The van der Waals surface area contributed by atoms with Gasteiger partial charge >= 0.3 is 0 Å². The Morgan fingerprint density at radius 1 is 1.05 bits per heavy atom. The number of aryl methyl sites for hydroxylation is 1. The summed E-state index contributed by atoms with van der Waals surface area (Å²) in [5, 5.41) is 2.94. The summed E-state index contributed by atoms with van der Waals surface area (Å²) in [5.41, 5.74) is 3.66. The predicted octanol–water partition coefficient (Wildman–Crippen LogP) is 3.54. The molecule has 2 nitrogen and oxygen atoms in total. The molecule has 0 spiro atoms. The molecule has 1 N–H and O–H groups in total. The van der Waals surface area contributed by atoms with Gasteiger partial charge < -0.3 is 5.32 Å². The lowest BCUT2D eigenvalue weighted by Crippen LogP contribution is -2.24. The third-order valence-corrected chi connectivity index (χ3v) is 3.92. The van der Waals surface area contributed by atoms with Gasteiger partial charge in [-0.1, -0.05) is 60.2 Å². The molecule has 0 aliphatic rings. The number of amides is 1. The molecule has 0 bridgehead atoms. The first-order valence-corrected chi connectivity index (χ1v) is 7.83. The molecule has 3 heteroatoms. The van der Waals surface area contributed by atoms with E-state index < -0.39 is 0 Å². The van der Waals surface area contributed by atoms with Crippen molar-refractivity contribution in [2.75, 3.05) is 5.75 Å². The number of nitrogens with one attached hydrogen (secondary N) is 1. The molecule has 20 heavy (non-hydrogen) atoms. The lowest BCUT2D eigenvalue weighted by Gasteiger charge is -2.06. The number of carbonyl (C=O) groups excluding carboxylic acids is 1. The van der Waals surface area contributed by atoms with Crippen LogP contribution < -0.4 is 5.32 Å². The van der Waals surface area contributed by atoms with E-state index in [-0.39, 0.29) is 5.91 Å². The second kappa shape index (κ2) is 7.75. The molecule has 0 fully saturated rings. The quantitative estimate of drug-likeness (QED) is 0.879. The monoisotopic (exact) mass is 285 g/mol. The number of hydrogen-bond donors (Lipinski definition) is 1. The van der Waals surface area contributed by atoms with Gasteiger partial charge in [0.1, 0.15) is 0 Å². The molecule has 0 radical (unpaired) electrons. The highest BCUT2D eigenvalue weighted by Crippen LogP contribution is 2.13. The van der Waals surface area contributed by atoms with Gasteiger partial charge in [-0.25, -0.2) is 0 Å². The Balaban J connectivity index is 1.68. The van der Waals surface area contributed by atoms with E-state index >= 15 is 0 Å². The number of hydrogen-bond acceptors (Lipinski definition) is 2. The van der Waals surface area contributed by atoms with Gasteiger partial charge in [0.15, 0.2) is 0 Å². The summed E-state index contributed by atoms with van der Waals surface area (Å²) in [5.74, 6) is 1.47. The van der Waals surface area contributed by atoms with Crippen molar-refractivity contribution in [3.05, 3.63) is 71.3 Å². The lowest BCUT2D eigenvalue weighted by molar-refractivity contribution is -0.118. The summed E-state index contributed by atoms with van der Waals surface area (Å²) in [7, 11) is 0. The average molecular weight is 285 g/mol. The Morgan fingerprint density at radius 3 is 2.55 bits per heavy atom. The van der Waals surface area contributed by atoms with Crippen LogP contribution >= 0.6 is 11.8 Å². The summed E-state index contributed by atoms with van der Waals surface area (Å²) in [4.78, 5) is 11.7. The molecule has 0 saturated carbocycles. The topological polar surface area (TPSA) is 29.1 Å². The van der Waals surface area contributed by atoms with Crippen LogP contribution in [0.15, 0.2) is 54.6 Å². The minimum absolute atomic E-state index is 0.0894. The van der Waals surface area contributed by atoms with Crippen LogP contribution in [0.25, 0.3) is 0 Å². The van der Waals surface area contributed by atoms with Gasteiger partial charge in [0.05, 0.1) is 5.75 Å². The van der Waals surface area contributed by atoms with Crippen LogP contribution in [0.5, 0.6) is 0 Å². The fourth-order valence-electron chi connectivity index (χ4n) is 1.91.